The van der Waals surface area contributed by atoms with Crippen molar-refractivity contribution in [1.29, 1.82) is 0 Å². The molecule has 5 heteroatoms. The van der Waals surface area contributed by atoms with Gasteiger partial charge in [0.15, 0.2) is 17.2 Å². The number of fused-ring (bicyclic) bond motifs is 3. The van der Waals surface area contributed by atoms with Gasteiger partial charge in [0.2, 0.25) is 0 Å². The predicted octanol–water partition coefficient (Wildman–Crippen LogP) is 5.11. The summed E-state index contributed by atoms with van der Waals surface area (Å²) in [5, 5.41) is 10.5. The van der Waals surface area contributed by atoms with E-state index >= 15 is 0 Å². The van der Waals surface area contributed by atoms with Crippen molar-refractivity contribution < 1.29 is 14.2 Å². The van der Waals surface area contributed by atoms with Crippen LogP contribution in [0.1, 0.15) is 5.69 Å². The summed E-state index contributed by atoms with van der Waals surface area (Å²) in [5.74, 6) is 3.00. The second-order valence-corrected chi connectivity index (χ2v) is 5.92. The minimum atomic E-state index is 0.291. The fourth-order valence-electron chi connectivity index (χ4n) is 2.93. The lowest BCUT2D eigenvalue weighted by atomic mass is 10.1. The van der Waals surface area contributed by atoms with Crippen LogP contribution in [0.5, 0.6) is 28.9 Å². The summed E-state index contributed by atoms with van der Waals surface area (Å²) in [6.07, 6.45) is 0. The van der Waals surface area contributed by atoms with Crippen LogP contribution in [-0.2, 0) is 6.61 Å². The third-order valence-corrected chi connectivity index (χ3v) is 4.18. The van der Waals surface area contributed by atoms with Crippen LogP contribution in [0.2, 0.25) is 0 Å². The highest BCUT2D eigenvalue weighted by Crippen LogP contribution is 2.43. The molecule has 126 valence electrons. The second kappa shape index (κ2) is 6.04. The molecule has 0 unspecified atom stereocenters. The summed E-state index contributed by atoms with van der Waals surface area (Å²) in [5.41, 5.74) is 0.666. The van der Waals surface area contributed by atoms with Crippen molar-refractivity contribution in [2.45, 2.75) is 6.61 Å². The van der Waals surface area contributed by atoms with E-state index in [4.69, 9.17) is 14.2 Å². The van der Waals surface area contributed by atoms with E-state index in [-0.39, 0.29) is 0 Å². The maximum absolute atomic E-state index is 5.97. The van der Waals surface area contributed by atoms with Crippen LogP contribution in [0.3, 0.4) is 0 Å². The summed E-state index contributed by atoms with van der Waals surface area (Å²) in [7, 11) is 0. The Hall–Kier alpha value is -3.60. The molecule has 0 bridgehead atoms. The van der Waals surface area contributed by atoms with Gasteiger partial charge < -0.3 is 14.2 Å². The van der Waals surface area contributed by atoms with Gasteiger partial charge >= 0.3 is 0 Å². The molecule has 0 fully saturated rings. The molecule has 0 amide bonds. The first-order chi connectivity index (χ1) is 12.9. The van der Waals surface area contributed by atoms with E-state index in [0.717, 1.165) is 16.5 Å². The third kappa shape index (κ3) is 2.59. The summed E-state index contributed by atoms with van der Waals surface area (Å²) in [4.78, 5) is 0. The number of hydrogen-bond donors (Lipinski definition) is 0. The number of benzene rings is 3. The van der Waals surface area contributed by atoms with Gasteiger partial charge in [0.05, 0.1) is 0 Å². The lowest BCUT2D eigenvalue weighted by Gasteiger charge is -2.19. The van der Waals surface area contributed by atoms with Crippen molar-refractivity contribution in [3.05, 3.63) is 78.5 Å². The van der Waals surface area contributed by atoms with Gasteiger partial charge in [0.25, 0.3) is 5.88 Å². The highest BCUT2D eigenvalue weighted by molar-refractivity contribution is 5.88. The quantitative estimate of drug-likeness (QED) is 0.456. The van der Waals surface area contributed by atoms with Crippen LogP contribution in [0.15, 0.2) is 72.8 Å². The van der Waals surface area contributed by atoms with Gasteiger partial charge in [-0.3, -0.25) is 0 Å². The van der Waals surface area contributed by atoms with Crippen LogP contribution in [-0.4, -0.2) is 10.2 Å². The van der Waals surface area contributed by atoms with Crippen molar-refractivity contribution in [3.63, 3.8) is 0 Å². The highest BCUT2D eigenvalue weighted by Gasteiger charge is 2.20. The smallest absolute Gasteiger partial charge is 0.282 e. The Morgan fingerprint density at radius 3 is 2.42 bits per heavy atom. The van der Waals surface area contributed by atoms with Crippen molar-refractivity contribution in [3.8, 4) is 28.9 Å². The minimum absolute atomic E-state index is 0.291. The minimum Gasteiger partial charge on any atom is -0.487 e. The molecule has 1 aromatic heterocycles. The zero-order valence-corrected chi connectivity index (χ0v) is 13.8. The summed E-state index contributed by atoms with van der Waals surface area (Å²) in [6.45, 7) is 0.291. The van der Waals surface area contributed by atoms with Gasteiger partial charge in [0.1, 0.15) is 18.1 Å². The molecule has 0 saturated heterocycles. The second-order valence-electron chi connectivity index (χ2n) is 5.92. The maximum atomic E-state index is 5.97. The van der Waals surface area contributed by atoms with E-state index < -0.39 is 0 Å². The van der Waals surface area contributed by atoms with Gasteiger partial charge in [-0.1, -0.05) is 48.5 Å². The molecule has 1 aliphatic heterocycles. The molecule has 0 aliphatic carbocycles. The maximum Gasteiger partial charge on any atom is 0.282 e. The Morgan fingerprint density at radius 1 is 0.731 bits per heavy atom. The van der Waals surface area contributed by atoms with Gasteiger partial charge in [-0.2, -0.15) is 0 Å². The Labute approximate surface area is 149 Å². The third-order valence-electron chi connectivity index (χ3n) is 4.18. The van der Waals surface area contributed by atoms with Crippen molar-refractivity contribution in [2.75, 3.05) is 0 Å². The molecule has 0 saturated carbocycles. The molecule has 0 spiro atoms. The van der Waals surface area contributed by atoms with Gasteiger partial charge in [-0.05, 0) is 23.6 Å². The molecular weight excluding hydrogens is 328 g/mol. The lowest BCUT2D eigenvalue weighted by Crippen LogP contribution is -2.06. The van der Waals surface area contributed by atoms with Crippen LogP contribution in [0.25, 0.3) is 10.8 Å². The molecule has 1 aliphatic rings. The molecule has 0 radical (unpaired) electrons. The molecule has 26 heavy (non-hydrogen) atoms. The van der Waals surface area contributed by atoms with Crippen LogP contribution >= 0.6 is 0 Å². The zero-order valence-electron chi connectivity index (χ0n) is 13.8. The summed E-state index contributed by atoms with van der Waals surface area (Å²) in [6, 6.07) is 23.3. The summed E-state index contributed by atoms with van der Waals surface area (Å²) < 4.78 is 17.5. The van der Waals surface area contributed by atoms with Gasteiger partial charge in [0, 0.05) is 11.5 Å². The molecule has 3 aromatic carbocycles. The first kappa shape index (κ1) is 14.7. The van der Waals surface area contributed by atoms with E-state index in [1.54, 1.807) is 6.07 Å². The average molecular weight is 342 g/mol. The molecule has 2 heterocycles. The van der Waals surface area contributed by atoms with Gasteiger partial charge in [-0.25, -0.2) is 0 Å². The Bertz CT molecular complexity index is 1110. The first-order valence-electron chi connectivity index (χ1n) is 8.29. The Kier molecular flexibility index (Phi) is 3.42. The Morgan fingerprint density at radius 2 is 1.50 bits per heavy atom. The number of para-hydroxylation sites is 2. The van der Waals surface area contributed by atoms with E-state index in [1.807, 2.05) is 54.6 Å². The fraction of sp³-hybridized carbons (Fsp3) is 0.0476. The molecular formula is C21H14N2O3. The Balaban J connectivity index is 1.39. The van der Waals surface area contributed by atoms with Crippen molar-refractivity contribution >= 4 is 10.8 Å². The van der Waals surface area contributed by atoms with E-state index in [9.17, 15) is 0 Å². The molecule has 5 nitrogen and oxygen atoms in total. The van der Waals surface area contributed by atoms with Crippen LogP contribution < -0.4 is 14.2 Å². The van der Waals surface area contributed by atoms with Crippen LogP contribution in [0, 0.1) is 0 Å². The predicted molar refractivity (Wildman–Crippen MR) is 96.9 cm³/mol. The summed E-state index contributed by atoms with van der Waals surface area (Å²) >= 11 is 0. The number of hydrogen-bond acceptors (Lipinski definition) is 5. The van der Waals surface area contributed by atoms with E-state index in [1.165, 1.54) is 0 Å². The highest BCUT2D eigenvalue weighted by atomic mass is 16.6. The van der Waals surface area contributed by atoms with Crippen molar-refractivity contribution in [1.82, 2.24) is 10.2 Å². The fourth-order valence-corrected chi connectivity index (χ4v) is 2.93. The molecule has 5 rings (SSSR count). The molecule has 0 N–H and O–H groups in total. The molecule has 4 aromatic rings. The molecule has 0 atom stereocenters. The number of aromatic nitrogens is 2. The van der Waals surface area contributed by atoms with E-state index in [0.29, 0.717) is 35.4 Å². The monoisotopic (exact) mass is 342 g/mol. The van der Waals surface area contributed by atoms with E-state index in [2.05, 4.69) is 22.3 Å². The zero-order chi connectivity index (χ0) is 17.3. The largest absolute Gasteiger partial charge is 0.487 e. The van der Waals surface area contributed by atoms with Crippen molar-refractivity contribution in [2.24, 2.45) is 0 Å². The number of nitrogens with zero attached hydrogens (tertiary/aromatic N) is 2. The first-order valence-corrected chi connectivity index (χ1v) is 8.29. The van der Waals surface area contributed by atoms with Crippen LogP contribution in [0.4, 0.5) is 0 Å². The van der Waals surface area contributed by atoms with Gasteiger partial charge in [-0.15, -0.1) is 10.2 Å². The lowest BCUT2D eigenvalue weighted by molar-refractivity contribution is 0.297. The standard InChI is InChI=1S/C21H14N2O3/c1-2-8-16-14(6-1)7-5-11-17(16)24-13-15-12-20-21(23-22-15)26-19-10-4-3-9-18(19)25-20/h1-12H,13H2. The topological polar surface area (TPSA) is 53.5 Å². The average Bonchev–Trinajstić information content (AvgIpc) is 2.70. The number of ether oxygens (including phenoxy) is 3. The SMILES string of the molecule is c1ccc2c(c1)Oc1cc(COc3cccc4ccccc34)nnc1O2. The normalized spacial score (nSPS) is 11.8. The number of rotatable bonds is 3.